The Morgan fingerprint density at radius 2 is 2.23 bits per heavy atom. The molecule has 0 saturated carbocycles. The fourth-order valence-electron chi connectivity index (χ4n) is 1.04. The van der Waals surface area contributed by atoms with Gasteiger partial charge in [-0.1, -0.05) is 34.1 Å². The fourth-order valence-corrected chi connectivity index (χ4v) is 1.40. The number of aromatic carboxylic acids is 1. The second-order valence-corrected chi connectivity index (χ2v) is 3.45. The zero-order chi connectivity index (χ0) is 9.84. The summed E-state index contributed by atoms with van der Waals surface area (Å²) in [6.45, 7) is 1.85. The van der Waals surface area contributed by atoms with Crippen LogP contribution in [0.5, 0.6) is 0 Å². The second-order valence-electron chi connectivity index (χ2n) is 2.54. The Hall–Kier alpha value is -1.09. The first-order valence-electron chi connectivity index (χ1n) is 3.80. The molecule has 3 heteroatoms. The largest absolute Gasteiger partial charge is 0.478 e. The van der Waals surface area contributed by atoms with Gasteiger partial charge < -0.3 is 5.11 Å². The van der Waals surface area contributed by atoms with Gasteiger partial charge in [-0.05, 0) is 24.6 Å². The first-order chi connectivity index (χ1) is 6.15. The highest BCUT2D eigenvalue weighted by Gasteiger charge is 2.07. The average Bonchev–Trinajstić information content (AvgIpc) is 2.08. The topological polar surface area (TPSA) is 37.3 Å². The Balaban J connectivity index is 3.26. The zero-order valence-electron chi connectivity index (χ0n) is 7.12. The molecule has 1 aromatic carbocycles. The predicted molar refractivity (Wildman–Crippen MR) is 55.8 cm³/mol. The van der Waals surface area contributed by atoms with E-state index in [2.05, 4.69) is 15.9 Å². The van der Waals surface area contributed by atoms with Crippen molar-refractivity contribution in [2.24, 2.45) is 0 Å². The summed E-state index contributed by atoms with van der Waals surface area (Å²) < 4.78 is 0.776. The fraction of sp³-hybridized carbons (Fsp3) is 0.100. The first-order valence-corrected chi connectivity index (χ1v) is 4.60. The molecule has 1 aromatic rings. The van der Waals surface area contributed by atoms with Gasteiger partial charge in [0, 0.05) is 4.47 Å². The van der Waals surface area contributed by atoms with Gasteiger partial charge in [0.25, 0.3) is 0 Å². The van der Waals surface area contributed by atoms with Gasteiger partial charge in [-0.3, -0.25) is 0 Å². The standard InChI is InChI=1S/C10H9BrO2/c1-2-3-7-4-5-8(11)6-9(7)10(12)13/h2-6H,1H3,(H,12,13). The van der Waals surface area contributed by atoms with Crippen molar-refractivity contribution in [3.63, 3.8) is 0 Å². The SMILES string of the molecule is CC=Cc1ccc(Br)cc1C(=O)O. The number of benzene rings is 1. The van der Waals surface area contributed by atoms with E-state index in [0.29, 0.717) is 5.56 Å². The van der Waals surface area contributed by atoms with E-state index in [0.717, 1.165) is 10.0 Å². The molecule has 0 aliphatic carbocycles. The van der Waals surface area contributed by atoms with Crippen molar-refractivity contribution in [3.05, 3.63) is 39.9 Å². The van der Waals surface area contributed by atoms with Crippen LogP contribution in [-0.2, 0) is 0 Å². The van der Waals surface area contributed by atoms with Crippen LogP contribution in [0.1, 0.15) is 22.8 Å². The summed E-state index contributed by atoms with van der Waals surface area (Å²) in [5.41, 5.74) is 1.03. The van der Waals surface area contributed by atoms with E-state index in [1.807, 2.05) is 19.1 Å². The van der Waals surface area contributed by atoms with Crippen molar-refractivity contribution < 1.29 is 9.90 Å². The molecule has 0 atom stereocenters. The number of hydrogen-bond donors (Lipinski definition) is 1. The maximum atomic E-state index is 10.8. The van der Waals surface area contributed by atoms with E-state index < -0.39 is 5.97 Å². The first kappa shape index (κ1) is 9.99. The second kappa shape index (κ2) is 4.23. The number of rotatable bonds is 2. The van der Waals surface area contributed by atoms with E-state index in [1.54, 1.807) is 18.2 Å². The molecule has 1 N–H and O–H groups in total. The molecule has 0 aliphatic rings. The lowest BCUT2D eigenvalue weighted by Crippen LogP contribution is -1.99. The van der Waals surface area contributed by atoms with Gasteiger partial charge in [0.1, 0.15) is 0 Å². The van der Waals surface area contributed by atoms with Crippen molar-refractivity contribution in [2.75, 3.05) is 0 Å². The molecule has 0 spiro atoms. The van der Waals surface area contributed by atoms with Crippen LogP contribution >= 0.6 is 15.9 Å². The number of carbonyl (C=O) groups is 1. The molecule has 0 aromatic heterocycles. The molecule has 0 fully saturated rings. The number of halogens is 1. The van der Waals surface area contributed by atoms with Crippen LogP contribution in [0.3, 0.4) is 0 Å². The molecule has 0 aliphatic heterocycles. The number of hydrogen-bond acceptors (Lipinski definition) is 1. The lowest BCUT2D eigenvalue weighted by Gasteiger charge is -2.00. The number of carboxylic acids is 1. The molecule has 0 amide bonds. The van der Waals surface area contributed by atoms with Crippen molar-refractivity contribution in [2.45, 2.75) is 6.92 Å². The van der Waals surface area contributed by atoms with Gasteiger partial charge in [0.05, 0.1) is 5.56 Å². The third kappa shape index (κ3) is 2.42. The molecule has 0 radical (unpaired) electrons. The molecular formula is C10H9BrO2. The van der Waals surface area contributed by atoms with Crippen LogP contribution in [0.25, 0.3) is 6.08 Å². The maximum Gasteiger partial charge on any atom is 0.336 e. The van der Waals surface area contributed by atoms with Crippen molar-refractivity contribution in [3.8, 4) is 0 Å². The summed E-state index contributed by atoms with van der Waals surface area (Å²) in [7, 11) is 0. The third-order valence-corrected chi connectivity index (χ3v) is 2.09. The van der Waals surface area contributed by atoms with Crippen LogP contribution in [0.15, 0.2) is 28.7 Å². The molecule has 0 unspecified atom stereocenters. The Labute approximate surface area is 85.0 Å². The molecule has 1 rings (SSSR count). The molecule has 0 heterocycles. The highest BCUT2D eigenvalue weighted by atomic mass is 79.9. The van der Waals surface area contributed by atoms with Gasteiger partial charge in [0.2, 0.25) is 0 Å². The Bertz CT molecular complexity index is 356. The Kier molecular flexibility index (Phi) is 3.25. The van der Waals surface area contributed by atoms with Crippen LogP contribution in [-0.4, -0.2) is 11.1 Å². The van der Waals surface area contributed by atoms with Crippen molar-refractivity contribution in [1.82, 2.24) is 0 Å². The molecule has 13 heavy (non-hydrogen) atoms. The van der Waals surface area contributed by atoms with E-state index in [1.165, 1.54) is 0 Å². The summed E-state index contributed by atoms with van der Waals surface area (Å²) in [6.07, 6.45) is 3.59. The van der Waals surface area contributed by atoms with Gasteiger partial charge in [-0.15, -0.1) is 0 Å². The minimum atomic E-state index is -0.908. The minimum absolute atomic E-state index is 0.312. The van der Waals surface area contributed by atoms with Crippen LogP contribution < -0.4 is 0 Å². The summed E-state index contributed by atoms with van der Waals surface area (Å²) in [4.78, 5) is 10.8. The average molecular weight is 241 g/mol. The van der Waals surface area contributed by atoms with Gasteiger partial charge in [0.15, 0.2) is 0 Å². The minimum Gasteiger partial charge on any atom is -0.478 e. The van der Waals surface area contributed by atoms with Gasteiger partial charge >= 0.3 is 5.97 Å². The number of allylic oxidation sites excluding steroid dienone is 1. The van der Waals surface area contributed by atoms with Gasteiger partial charge in [-0.25, -0.2) is 4.79 Å². The Morgan fingerprint density at radius 1 is 1.54 bits per heavy atom. The predicted octanol–water partition coefficient (Wildman–Crippen LogP) is 3.18. The van der Waals surface area contributed by atoms with Crippen molar-refractivity contribution in [1.29, 1.82) is 0 Å². The van der Waals surface area contributed by atoms with Gasteiger partial charge in [-0.2, -0.15) is 0 Å². The van der Waals surface area contributed by atoms with Crippen molar-refractivity contribution >= 4 is 28.0 Å². The van der Waals surface area contributed by atoms with E-state index in [4.69, 9.17) is 5.11 Å². The van der Waals surface area contributed by atoms with Crippen LogP contribution in [0.4, 0.5) is 0 Å². The highest BCUT2D eigenvalue weighted by Crippen LogP contribution is 2.17. The summed E-state index contributed by atoms with van der Waals surface area (Å²) >= 11 is 3.23. The lowest BCUT2D eigenvalue weighted by atomic mass is 10.1. The smallest absolute Gasteiger partial charge is 0.336 e. The zero-order valence-corrected chi connectivity index (χ0v) is 8.71. The normalized spacial score (nSPS) is 10.6. The summed E-state index contributed by atoms with van der Waals surface area (Å²) in [5, 5.41) is 8.86. The lowest BCUT2D eigenvalue weighted by molar-refractivity contribution is 0.0696. The molecule has 68 valence electrons. The summed E-state index contributed by atoms with van der Waals surface area (Å²) in [6, 6.07) is 5.19. The molecule has 2 nitrogen and oxygen atoms in total. The van der Waals surface area contributed by atoms with E-state index in [-0.39, 0.29) is 0 Å². The quantitative estimate of drug-likeness (QED) is 0.863. The molecule has 0 saturated heterocycles. The highest BCUT2D eigenvalue weighted by molar-refractivity contribution is 9.10. The molecular weight excluding hydrogens is 232 g/mol. The Morgan fingerprint density at radius 3 is 2.77 bits per heavy atom. The summed E-state index contributed by atoms with van der Waals surface area (Å²) in [5.74, 6) is -0.908. The maximum absolute atomic E-state index is 10.8. The van der Waals surface area contributed by atoms with Crippen LogP contribution in [0, 0.1) is 0 Å². The van der Waals surface area contributed by atoms with E-state index in [9.17, 15) is 4.79 Å². The monoisotopic (exact) mass is 240 g/mol. The van der Waals surface area contributed by atoms with Crippen LogP contribution in [0.2, 0.25) is 0 Å². The molecule has 0 bridgehead atoms. The third-order valence-electron chi connectivity index (χ3n) is 1.59. The van der Waals surface area contributed by atoms with E-state index >= 15 is 0 Å². The number of carboxylic acid groups (broad SMARTS) is 1.